The van der Waals surface area contributed by atoms with E-state index in [1.807, 2.05) is 0 Å². The third kappa shape index (κ3) is 2.38. The Morgan fingerprint density at radius 3 is 2.44 bits per heavy atom. The minimum absolute atomic E-state index is 0.676. The van der Waals surface area contributed by atoms with E-state index in [0.717, 1.165) is 18.9 Å². The van der Waals surface area contributed by atoms with Gasteiger partial charge < -0.3 is 10.6 Å². The Morgan fingerprint density at radius 1 is 1.25 bits per heavy atom. The van der Waals surface area contributed by atoms with Crippen molar-refractivity contribution >= 4 is 5.69 Å². The Morgan fingerprint density at radius 2 is 1.94 bits per heavy atom. The molecule has 0 spiro atoms. The van der Waals surface area contributed by atoms with Gasteiger partial charge in [-0.05, 0) is 49.9 Å². The average molecular weight is 218 g/mol. The Bertz CT molecular complexity index is 331. The molecule has 16 heavy (non-hydrogen) atoms. The van der Waals surface area contributed by atoms with E-state index in [9.17, 15) is 0 Å². The van der Waals surface area contributed by atoms with E-state index in [1.165, 1.54) is 24.2 Å². The quantitative estimate of drug-likeness (QED) is 0.844. The highest BCUT2D eigenvalue weighted by Crippen LogP contribution is 2.28. The van der Waals surface area contributed by atoms with Crippen LogP contribution in [0.1, 0.15) is 25.8 Å². The number of anilines is 1. The maximum Gasteiger partial charge on any atom is 0.0368 e. The van der Waals surface area contributed by atoms with E-state index in [4.69, 9.17) is 5.73 Å². The van der Waals surface area contributed by atoms with Crippen molar-refractivity contribution < 1.29 is 0 Å². The molecule has 2 heteroatoms. The van der Waals surface area contributed by atoms with Crippen LogP contribution < -0.4 is 10.6 Å². The Hall–Kier alpha value is -1.02. The van der Waals surface area contributed by atoms with Crippen LogP contribution in [-0.2, 0) is 6.42 Å². The van der Waals surface area contributed by atoms with Gasteiger partial charge in [0.2, 0.25) is 0 Å². The van der Waals surface area contributed by atoms with Crippen LogP contribution in [0.2, 0.25) is 0 Å². The minimum Gasteiger partial charge on any atom is -0.369 e. The summed E-state index contributed by atoms with van der Waals surface area (Å²) in [6.07, 6.45) is 2.29. The monoisotopic (exact) mass is 218 g/mol. The summed E-state index contributed by atoms with van der Waals surface area (Å²) < 4.78 is 0. The van der Waals surface area contributed by atoms with Gasteiger partial charge in [0.15, 0.2) is 0 Å². The van der Waals surface area contributed by atoms with E-state index in [-0.39, 0.29) is 0 Å². The third-order valence-corrected chi connectivity index (χ3v) is 3.48. The van der Waals surface area contributed by atoms with Gasteiger partial charge in [0.1, 0.15) is 0 Å². The van der Waals surface area contributed by atoms with Crippen molar-refractivity contribution in [2.75, 3.05) is 18.0 Å². The van der Waals surface area contributed by atoms with Crippen LogP contribution in [-0.4, -0.2) is 19.1 Å². The van der Waals surface area contributed by atoms with Gasteiger partial charge in [-0.1, -0.05) is 19.1 Å². The number of nitrogens with zero attached hydrogens (tertiary/aromatic N) is 1. The SMILES string of the molecule is CC1CC(C)N(c2ccc(CCN)cc2)C1. The molecule has 88 valence electrons. The van der Waals surface area contributed by atoms with Gasteiger partial charge in [0.05, 0.1) is 0 Å². The molecule has 1 aliphatic heterocycles. The largest absolute Gasteiger partial charge is 0.369 e. The van der Waals surface area contributed by atoms with Crippen LogP contribution in [0.25, 0.3) is 0 Å². The van der Waals surface area contributed by atoms with Crippen molar-refractivity contribution in [1.82, 2.24) is 0 Å². The molecule has 2 nitrogen and oxygen atoms in total. The lowest BCUT2D eigenvalue weighted by atomic mass is 10.1. The molecule has 1 saturated heterocycles. The highest BCUT2D eigenvalue weighted by molar-refractivity contribution is 5.49. The van der Waals surface area contributed by atoms with Gasteiger partial charge in [0.25, 0.3) is 0 Å². The number of hydrogen-bond acceptors (Lipinski definition) is 2. The van der Waals surface area contributed by atoms with Crippen molar-refractivity contribution in [2.24, 2.45) is 11.7 Å². The van der Waals surface area contributed by atoms with Crippen molar-refractivity contribution in [3.63, 3.8) is 0 Å². The zero-order valence-electron chi connectivity index (χ0n) is 10.3. The molecule has 1 aliphatic rings. The van der Waals surface area contributed by atoms with Crippen LogP contribution in [0.3, 0.4) is 0 Å². The molecule has 0 saturated carbocycles. The standard InChI is InChI=1S/C14H22N2/c1-11-9-12(2)16(10-11)14-5-3-13(4-6-14)7-8-15/h3-6,11-12H,7-10,15H2,1-2H3. The predicted octanol–water partition coefficient (Wildman–Crippen LogP) is 2.42. The molecule has 2 atom stereocenters. The van der Waals surface area contributed by atoms with Crippen molar-refractivity contribution in [2.45, 2.75) is 32.7 Å². The van der Waals surface area contributed by atoms with E-state index in [0.29, 0.717) is 6.04 Å². The van der Waals surface area contributed by atoms with Crippen LogP contribution in [0.5, 0.6) is 0 Å². The molecule has 1 heterocycles. The summed E-state index contributed by atoms with van der Waals surface area (Å²) in [6, 6.07) is 9.56. The van der Waals surface area contributed by atoms with Gasteiger partial charge in [-0.15, -0.1) is 0 Å². The lowest BCUT2D eigenvalue weighted by Gasteiger charge is -2.24. The number of benzene rings is 1. The molecule has 2 N–H and O–H groups in total. The Labute approximate surface area is 98.4 Å². The summed E-state index contributed by atoms with van der Waals surface area (Å²) in [7, 11) is 0. The number of nitrogens with two attached hydrogens (primary N) is 1. The summed E-state index contributed by atoms with van der Waals surface area (Å²) in [6.45, 7) is 6.57. The van der Waals surface area contributed by atoms with Crippen molar-refractivity contribution in [3.05, 3.63) is 29.8 Å². The normalized spacial score (nSPS) is 25.1. The first kappa shape index (κ1) is 11.5. The summed E-state index contributed by atoms with van der Waals surface area (Å²) >= 11 is 0. The molecule has 2 rings (SSSR count). The zero-order chi connectivity index (χ0) is 11.5. The molecular formula is C14H22N2. The second-order valence-corrected chi connectivity index (χ2v) is 5.05. The Kier molecular flexibility index (Phi) is 3.49. The fourth-order valence-electron chi connectivity index (χ4n) is 2.68. The van der Waals surface area contributed by atoms with Gasteiger partial charge in [-0.2, -0.15) is 0 Å². The number of rotatable bonds is 3. The summed E-state index contributed by atoms with van der Waals surface area (Å²) in [5.41, 5.74) is 8.25. The molecular weight excluding hydrogens is 196 g/mol. The molecule has 0 aromatic heterocycles. The summed E-state index contributed by atoms with van der Waals surface area (Å²) in [4.78, 5) is 2.51. The molecule has 0 amide bonds. The summed E-state index contributed by atoms with van der Waals surface area (Å²) in [5, 5.41) is 0. The molecule has 1 fully saturated rings. The maximum atomic E-state index is 5.55. The predicted molar refractivity (Wildman–Crippen MR) is 69.8 cm³/mol. The topological polar surface area (TPSA) is 29.3 Å². The molecule has 1 aromatic rings. The van der Waals surface area contributed by atoms with Crippen molar-refractivity contribution in [1.29, 1.82) is 0 Å². The second kappa shape index (κ2) is 4.88. The van der Waals surface area contributed by atoms with Crippen LogP contribution >= 0.6 is 0 Å². The van der Waals surface area contributed by atoms with Crippen LogP contribution in [0, 0.1) is 5.92 Å². The van der Waals surface area contributed by atoms with E-state index < -0.39 is 0 Å². The molecule has 1 aromatic carbocycles. The van der Waals surface area contributed by atoms with Gasteiger partial charge >= 0.3 is 0 Å². The fourth-order valence-corrected chi connectivity index (χ4v) is 2.68. The van der Waals surface area contributed by atoms with Crippen LogP contribution in [0.4, 0.5) is 5.69 Å². The lowest BCUT2D eigenvalue weighted by Crippen LogP contribution is -2.26. The average Bonchev–Trinajstić information content (AvgIpc) is 2.59. The smallest absolute Gasteiger partial charge is 0.0368 e. The second-order valence-electron chi connectivity index (χ2n) is 5.05. The molecule has 0 radical (unpaired) electrons. The first-order valence-corrected chi connectivity index (χ1v) is 6.26. The first-order chi connectivity index (χ1) is 7.70. The maximum absolute atomic E-state index is 5.55. The van der Waals surface area contributed by atoms with Gasteiger partial charge in [-0.25, -0.2) is 0 Å². The molecule has 0 aliphatic carbocycles. The van der Waals surface area contributed by atoms with Gasteiger partial charge in [-0.3, -0.25) is 0 Å². The van der Waals surface area contributed by atoms with E-state index in [2.05, 4.69) is 43.0 Å². The van der Waals surface area contributed by atoms with Gasteiger partial charge in [0, 0.05) is 18.3 Å². The zero-order valence-corrected chi connectivity index (χ0v) is 10.3. The van der Waals surface area contributed by atoms with E-state index in [1.54, 1.807) is 0 Å². The summed E-state index contributed by atoms with van der Waals surface area (Å²) in [5.74, 6) is 0.818. The Balaban J connectivity index is 2.09. The highest BCUT2D eigenvalue weighted by atomic mass is 15.2. The minimum atomic E-state index is 0.676. The van der Waals surface area contributed by atoms with Crippen molar-refractivity contribution in [3.8, 4) is 0 Å². The number of hydrogen-bond donors (Lipinski definition) is 1. The first-order valence-electron chi connectivity index (χ1n) is 6.26. The van der Waals surface area contributed by atoms with E-state index >= 15 is 0 Å². The highest BCUT2D eigenvalue weighted by Gasteiger charge is 2.25. The lowest BCUT2D eigenvalue weighted by molar-refractivity contribution is 0.625. The van der Waals surface area contributed by atoms with Crippen LogP contribution in [0.15, 0.2) is 24.3 Å². The molecule has 2 unspecified atom stereocenters. The fraction of sp³-hybridized carbons (Fsp3) is 0.571. The third-order valence-electron chi connectivity index (χ3n) is 3.48. The molecule has 0 bridgehead atoms.